The van der Waals surface area contributed by atoms with Crippen LogP contribution in [0.4, 0.5) is 4.79 Å². The summed E-state index contributed by atoms with van der Waals surface area (Å²) in [6, 6.07) is 5.66. The Bertz CT molecular complexity index is 1100. The number of rotatable bonds is 2. The number of benzene rings is 1. The number of fused-ring (bicyclic) bond motifs is 2. The van der Waals surface area contributed by atoms with Crippen LogP contribution in [0.15, 0.2) is 22.7 Å². The van der Waals surface area contributed by atoms with Crippen molar-refractivity contribution in [3.8, 4) is 11.5 Å². The minimum Gasteiger partial charge on any atom is -0.360 e. The number of imide groups is 1. The van der Waals surface area contributed by atoms with E-state index in [0.29, 0.717) is 30.3 Å². The number of urea groups is 1. The van der Waals surface area contributed by atoms with Crippen molar-refractivity contribution in [3.05, 3.63) is 35.1 Å². The monoisotopic (exact) mass is 363 g/mol. The lowest BCUT2D eigenvalue weighted by molar-refractivity contribution is -0.125. The molecule has 0 radical (unpaired) electrons. The van der Waals surface area contributed by atoms with E-state index in [9.17, 15) is 9.59 Å². The third-order valence-corrected chi connectivity index (χ3v) is 6.11. The average Bonchev–Trinajstić information content (AvgIpc) is 3.02. The molecule has 1 aliphatic heterocycles. The molecule has 3 aliphatic rings. The Kier molecular flexibility index (Phi) is 2.64. The number of H-pyrrole nitrogens is 1. The first-order valence-electron chi connectivity index (χ1n) is 9.11. The number of likely N-dealkylation sites (N-methyl/N-ethyl adjacent to an activating group) is 1. The smallest absolute Gasteiger partial charge is 0.324 e. The van der Waals surface area contributed by atoms with E-state index in [1.807, 2.05) is 18.2 Å². The first-order chi connectivity index (χ1) is 13.0. The van der Waals surface area contributed by atoms with Crippen molar-refractivity contribution < 1.29 is 14.1 Å². The highest BCUT2D eigenvalue weighted by molar-refractivity contribution is 6.07. The molecule has 136 valence electrons. The molecule has 3 heterocycles. The number of carbonyl (C=O) groups is 2. The number of aromatic nitrogens is 3. The van der Waals surface area contributed by atoms with Gasteiger partial charge in [-0.3, -0.25) is 10.1 Å². The van der Waals surface area contributed by atoms with Gasteiger partial charge in [0.05, 0.1) is 11.0 Å². The van der Waals surface area contributed by atoms with Crippen LogP contribution in [0, 0.1) is 0 Å². The molecule has 0 bridgehead atoms. The molecule has 2 aromatic heterocycles. The van der Waals surface area contributed by atoms with Crippen molar-refractivity contribution in [2.45, 2.75) is 37.1 Å². The second-order valence-corrected chi connectivity index (χ2v) is 7.82. The molecule has 8 nitrogen and oxygen atoms in total. The van der Waals surface area contributed by atoms with E-state index >= 15 is 0 Å². The molecule has 1 saturated heterocycles. The lowest BCUT2D eigenvalue weighted by Crippen LogP contribution is -2.48. The second kappa shape index (κ2) is 4.76. The summed E-state index contributed by atoms with van der Waals surface area (Å²) >= 11 is 0. The van der Waals surface area contributed by atoms with Gasteiger partial charge in [-0.15, -0.1) is 0 Å². The van der Waals surface area contributed by atoms with E-state index in [4.69, 9.17) is 4.52 Å². The summed E-state index contributed by atoms with van der Waals surface area (Å²) in [6.07, 6.45) is 3.34. The molecule has 3 aromatic rings. The molecule has 2 fully saturated rings. The van der Waals surface area contributed by atoms with Gasteiger partial charge in [0.1, 0.15) is 17.0 Å². The van der Waals surface area contributed by atoms with Crippen LogP contribution in [0.25, 0.3) is 22.6 Å². The Hall–Kier alpha value is -3.16. The Morgan fingerprint density at radius 3 is 2.67 bits per heavy atom. The molecule has 2 N–H and O–H groups in total. The quantitative estimate of drug-likeness (QED) is 0.679. The maximum absolute atomic E-state index is 12.4. The highest BCUT2D eigenvalue weighted by Gasteiger charge is 2.54. The van der Waals surface area contributed by atoms with Gasteiger partial charge in [-0.05, 0) is 36.1 Å². The van der Waals surface area contributed by atoms with Gasteiger partial charge in [0, 0.05) is 31.9 Å². The largest absolute Gasteiger partial charge is 0.360 e. The van der Waals surface area contributed by atoms with Crippen LogP contribution in [0.5, 0.6) is 0 Å². The minimum absolute atomic E-state index is 0.223. The average molecular weight is 363 g/mol. The number of aromatic amines is 1. The molecule has 1 spiro atoms. The van der Waals surface area contributed by atoms with Gasteiger partial charge in [-0.25, -0.2) is 9.78 Å². The van der Waals surface area contributed by atoms with Crippen LogP contribution in [-0.2, 0) is 17.6 Å². The zero-order valence-corrected chi connectivity index (χ0v) is 14.7. The summed E-state index contributed by atoms with van der Waals surface area (Å²) in [7, 11) is 1.68. The van der Waals surface area contributed by atoms with Crippen LogP contribution >= 0.6 is 0 Å². The van der Waals surface area contributed by atoms with Gasteiger partial charge in [-0.2, -0.15) is 0 Å². The van der Waals surface area contributed by atoms with E-state index in [1.165, 1.54) is 4.90 Å². The summed E-state index contributed by atoms with van der Waals surface area (Å²) in [5.74, 6) is 1.89. The lowest BCUT2D eigenvalue weighted by Gasteiger charge is -2.27. The molecule has 3 amide bonds. The lowest BCUT2D eigenvalue weighted by atomic mass is 9.95. The van der Waals surface area contributed by atoms with Crippen LogP contribution in [0.2, 0.25) is 0 Å². The molecule has 1 unspecified atom stereocenters. The van der Waals surface area contributed by atoms with Gasteiger partial charge in [0.2, 0.25) is 0 Å². The number of hydrogen-bond acceptors (Lipinski definition) is 5. The van der Waals surface area contributed by atoms with Crippen molar-refractivity contribution >= 4 is 23.0 Å². The SMILES string of the molecule is CN1C(=O)NC(=O)C12Cc1cc3nc(-c4cc(C5CC5)on4)[nH]c3cc1C2. The molecule has 1 saturated carbocycles. The van der Waals surface area contributed by atoms with Crippen molar-refractivity contribution in [2.75, 3.05) is 7.05 Å². The van der Waals surface area contributed by atoms with E-state index in [1.54, 1.807) is 7.05 Å². The zero-order valence-electron chi connectivity index (χ0n) is 14.7. The molecule has 1 aromatic carbocycles. The van der Waals surface area contributed by atoms with Crippen molar-refractivity contribution in [1.82, 2.24) is 25.3 Å². The van der Waals surface area contributed by atoms with Gasteiger partial charge < -0.3 is 14.4 Å². The Morgan fingerprint density at radius 2 is 1.96 bits per heavy atom. The van der Waals surface area contributed by atoms with E-state index in [2.05, 4.69) is 20.4 Å². The van der Waals surface area contributed by atoms with E-state index in [0.717, 1.165) is 40.8 Å². The summed E-state index contributed by atoms with van der Waals surface area (Å²) in [5.41, 5.74) is 3.73. The third kappa shape index (κ3) is 1.98. The molecule has 1 atom stereocenters. The van der Waals surface area contributed by atoms with Crippen LogP contribution in [-0.4, -0.2) is 44.5 Å². The summed E-state index contributed by atoms with van der Waals surface area (Å²) in [5, 5.41) is 6.56. The number of nitrogens with zero attached hydrogens (tertiary/aromatic N) is 3. The molecular weight excluding hydrogens is 346 g/mol. The zero-order chi connectivity index (χ0) is 18.3. The van der Waals surface area contributed by atoms with Crippen molar-refractivity contribution in [3.63, 3.8) is 0 Å². The third-order valence-electron chi connectivity index (χ3n) is 6.11. The summed E-state index contributed by atoms with van der Waals surface area (Å²) in [6.45, 7) is 0. The van der Waals surface area contributed by atoms with Crippen LogP contribution in [0.1, 0.15) is 35.6 Å². The van der Waals surface area contributed by atoms with Gasteiger partial charge in [0.15, 0.2) is 5.82 Å². The van der Waals surface area contributed by atoms with Crippen molar-refractivity contribution in [1.29, 1.82) is 0 Å². The van der Waals surface area contributed by atoms with E-state index in [-0.39, 0.29) is 11.9 Å². The fourth-order valence-electron chi connectivity index (χ4n) is 4.29. The predicted octanol–water partition coefficient (Wildman–Crippen LogP) is 2.11. The van der Waals surface area contributed by atoms with Crippen molar-refractivity contribution in [2.24, 2.45) is 0 Å². The number of nitrogens with one attached hydrogen (secondary N) is 2. The number of imidazole rings is 1. The predicted molar refractivity (Wildman–Crippen MR) is 95.0 cm³/mol. The fraction of sp³-hybridized carbons (Fsp3) is 0.368. The molecule has 27 heavy (non-hydrogen) atoms. The molecule has 2 aliphatic carbocycles. The second-order valence-electron chi connectivity index (χ2n) is 7.82. The summed E-state index contributed by atoms with van der Waals surface area (Å²) < 4.78 is 5.42. The van der Waals surface area contributed by atoms with Gasteiger partial charge in [-0.1, -0.05) is 5.16 Å². The Morgan fingerprint density at radius 1 is 1.19 bits per heavy atom. The van der Waals surface area contributed by atoms with Gasteiger partial charge >= 0.3 is 6.03 Å². The topological polar surface area (TPSA) is 104 Å². The Balaban J connectivity index is 1.38. The highest BCUT2D eigenvalue weighted by atomic mass is 16.5. The van der Waals surface area contributed by atoms with Gasteiger partial charge in [0.25, 0.3) is 5.91 Å². The standard InChI is InChI=1S/C19H17N5O3/c1-24-18(26)22-17(25)19(24)7-10-4-12-13(5-11(10)8-19)21-16(20-12)14-6-15(27-23-14)9-2-3-9/h4-6,9H,2-3,7-8H2,1H3,(H,20,21)(H,22,25,26). The molecule has 6 rings (SSSR count). The van der Waals surface area contributed by atoms with Crippen LogP contribution in [0.3, 0.4) is 0 Å². The van der Waals surface area contributed by atoms with Crippen LogP contribution < -0.4 is 5.32 Å². The maximum atomic E-state index is 12.4. The number of amides is 3. The molecular formula is C19H17N5O3. The maximum Gasteiger partial charge on any atom is 0.324 e. The molecule has 8 heteroatoms. The normalized spacial score (nSPS) is 20.7. The first kappa shape index (κ1) is 15.0. The summed E-state index contributed by atoms with van der Waals surface area (Å²) in [4.78, 5) is 33.8. The number of carbonyl (C=O) groups excluding carboxylic acids is 2. The number of hydrogen-bond donors (Lipinski definition) is 2. The fourth-order valence-corrected chi connectivity index (χ4v) is 4.29. The highest BCUT2D eigenvalue weighted by Crippen LogP contribution is 2.41. The Labute approximate surface area is 153 Å². The minimum atomic E-state index is -0.813. The first-order valence-corrected chi connectivity index (χ1v) is 9.11. The van der Waals surface area contributed by atoms with E-state index < -0.39 is 5.54 Å².